The lowest BCUT2D eigenvalue weighted by Crippen LogP contribution is -1.84. The maximum atomic E-state index is 4.25. The van der Waals surface area contributed by atoms with Gasteiger partial charge in [-0.3, -0.25) is 0 Å². The molecule has 0 spiro atoms. The van der Waals surface area contributed by atoms with Crippen molar-refractivity contribution in [3.8, 4) is 0 Å². The van der Waals surface area contributed by atoms with E-state index in [4.69, 9.17) is 0 Å². The van der Waals surface area contributed by atoms with E-state index >= 15 is 0 Å². The molecular formula is C11H21NO. The highest BCUT2D eigenvalue weighted by atomic mass is 16.4. The first-order valence-corrected chi connectivity index (χ1v) is 4.48. The van der Waals surface area contributed by atoms with Crippen molar-refractivity contribution in [2.45, 2.75) is 13.8 Å². The lowest BCUT2D eigenvalue weighted by Gasteiger charge is -1.94. The summed E-state index contributed by atoms with van der Waals surface area (Å²) in [5, 5.41) is 3.03. The zero-order chi connectivity index (χ0) is 10.5. The summed E-state index contributed by atoms with van der Waals surface area (Å²) < 4.78 is 4.25. The number of nitrogens with one attached hydrogen (secondary N) is 1. The van der Waals surface area contributed by atoms with E-state index in [0.717, 1.165) is 5.69 Å². The number of para-hydroxylation sites is 1. The summed E-state index contributed by atoms with van der Waals surface area (Å²) in [6.07, 6.45) is 0. The predicted octanol–water partition coefficient (Wildman–Crippen LogP) is 3.02. The van der Waals surface area contributed by atoms with Crippen LogP contribution in [0.1, 0.15) is 13.8 Å². The summed E-state index contributed by atoms with van der Waals surface area (Å²) in [6, 6.07) is 10.1. The third-order valence-electron chi connectivity index (χ3n) is 1.06. The van der Waals surface area contributed by atoms with Gasteiger partial charge in [0.25, 0.3) is 0 Å². The van der Waals surface area contributed by atoms with Crippen LogP contribution in [-0.2, 0) is 4.74 Å². The number of ether oxygens (including phenoxy) is 1. The number of anilines is 1. The van der Waals surface area contributed by atoms with E-state index in [1.165, 1.54) is 0 Å². The Morgan fingerprint density at radius 1 is 1.00 bits per heavy atom. The second-order valence-corrected chi connectivity index (χ2v) is 2.02. The van der Waals surface area contributed by atoms with Gasteiger partial charge in [-0.1, -0.05) is 32.0 Å². The molecule has 0 unspecified atom stereocenters. The Labute approximate surface area is 81.9 Å². The summed E-state index contributed by atoms with van der Waals surface area (Å²) in [4.78, 5) is 0. The van der Waals surface area contributed by atoms with Crippen LogP contribution in [0.3, 0.4) is 0 Å². The van der Waals surface area contributed by atoms with Gasteiger partial charge in [-0.2, -0.15) is 0 Å². The molecule has 13 heavy (non-hydrogen) atoms. The van der Waals surface area contributed by atoms with Gasteiger partial charge in [0.1, 0.15) is 0 Å². The summed E-state index contributed by atoms with van der Waals surface area (Å²) in [7, 11) is 5.16. The Bertz CT molecular complexity index is 163. The molecule has 0 fully saturated rings. The highest BCUT2D eigenvalue weighted by molar-refractivity contribution is 5.41. The minimum atomic E-state index is 1.16. The molecule has 0 heterocycles. The van der Waals surface area contributed by atoms with Crippen LogP contribution >= 0.6 is 0 Å². The topological polar surface area (TPSA) is 21.3 Å². The van der Waals surface area contributed by atoms with E-state index in [1.54, 1.807) is 14.2 Å². The van der Waals surface area contributed by atoms with E-state index < -0.39 is 0 Å². The third kappa shape index (κ3) is 11.0. The highest BCUT2D eigenvalue weighted by Crippen LogP contribution is 2.01. The summed E-state index contributed by atoms with van der Waals surface area (Å²) in [5.74, 6) is 0. The molecule has 2 heteroatoms. The van der Waals surface area contributed by atoms with Gasteiger partial charge in [-0.25, -0.2) is 0 Å². The molecule has 0 atom stereocenters. The normalized spacial score (nSPS) is 7.15. The zero-order valence-electron chi connectivity index (χ0n) is 9.29. The van der Waals surface area contributed by atoms with Crippen molar-refractivity contribution in [1.29, 1.82) is 0 Å². The van der Waals surface area contributed by atoms with E-state index in [-0.39, 0.29) is 0 Å². The third-order valence-corrected chi connectivity index (χ3v) is 1.06. The van der Waals surface area contributed by atoms with Gasteiger partial charge in [0.2, 0.25) is 0 Å². The van der Waals surface area contributed by atoms with Gasteiger partial charge in [-0.05, 0) is 12.1 Å². The van der Waals surface area contributed by atoms with Crippen molar-refractivity contribution in [1.82, 2.24) is 0 Å². The number of hydrogen-bond donors (Lipinski definition) is 1. The van der Waals surface area contributed by atoms with Crippen LogP contribution < -0.4 is 5.32 Å². The van der Waals surface area contributed by atoms with Crippen LogP contribution in [0, 0.1) is 0 Å². The van der Waals surface area contributed by atoms with Crippen molar-refractivity contribution in [3.05, 3.63) is 30.3 Å². The van der Waals surface area contributed by atoms with Gasteiger partial charge in [0.15, 0.2) is 0 Å². The molecule has 0 amide bonds. The van der Waals surface area contributed by atoms with Crippen LogP contribution in [0.5, 0.6) is 0 Å². The minimum absolute atomic E-state index is 1.16. The molecule has 0 aliphatic heterocycles. The lowest BCUT2D eigenvalue weighted by atomic mass is 10.3. The molecule has 76 valence electrons. The van der Waals surface area contributed by atoms with Gasteiger partial charge in [0.05, 0.1) is 0 Å². The fraction of sp³-hybridized carbons (Fsp3) is 0.455. The molecule has 0 aliphatic rings. The Kier molecular flexibility index (Phi) is 15.1. The smallest absolute Gasteiger partial charge is 0.0351 e. The fourth-order valence-corrected chi connectivity index (χ4v) is 0.605. The first-order chi connectivity index (χ1) is 6.35. The second kappa shape index (κ2) is 13.6. The molecule has 1 N–H and O–H groups in total. The molecule has 0 saturated heterocycles. The van der Waals surface area contributed by atoms with Crippen LogP contribution in [0.25, 0.3) is 0 Å². The monoisotopic (exact) mass is 183 g/mol. The summed E-state index contributed by atoms with van der Waals surface area (Å²) in [5.41, 5.74) is 1.16. The van der Waals surface area contributed by atoms with E-state index in [1.807, 2.05) is 51.2 Å². The van der Waals surface area contributed by atoms with Gasteiger partial charge in [-0.15, -0.1) is 0 Å². The molecule has 0 bridgehead atoms. The average Bonchev–Trinajstić information content (AvgIpc) is 2.23. The molecular weight excluding hydrogens is 162 g/mol. The maximum absolute atomic E-state index is 4.25. The standard InChI is InChI=1S/C7H9N.C2H6O.C2H6/c1-8-7-5-3-2-4-6-7;1-3-2;1-2/h2-6,8H,1H3;1-2H3;1-2H3. The van der Waals surface area contributed by atoms with Crippen molar-refractivity contribution in [2.24, 2.45) is 0 Å². The van der Waals surface area contributed by atoms with Crippen molar-refractivity contribution < 1.29 is 4.74 Å². The SMILES string of the molecule is CC.CNc1ccccc1.COC. The quantitative estimate of drug-likeness (QED) is 0.722. The average molecular weight is 183 g/mol. The summed E-state index contributed by atoms with van der Waals surface area (Å²) >= 11 is 0. The van der Waals surface area contributed by atoms with Crippen molar-refractivity contribution in [2.75, 3.05) is 26.6 Å². The number of hydrogen-bond acceptors (Lipinski definition) is 2. The zero-order valence-corrected chi connectivity index (χ0v) is 9.29. The number of rotatable bonds is 1. The number of methoxy groups -OCH3 is 1. The molecule has 0 aromatic heterocycles. The van der Waals surface area contributed by atoms with Crippen LogP contribution in [-0.4, -0.2) is 21.3 Å². The lowest BCUT2D eigenvalue weighted by molar-refractivity contribution is 0.277. The molecule has 1 rings (SSSR count). The van der Waals surface area contributed by atoms with Gasteiger partial charge >= 0.3 is 0 Å². The molecule has 0 aliphatic carbocycles. The van der Waals surface area contributed by atoms with E-state index in [9.17, 15) is 0 Å². The van der Waals surface area contributed by atoms with E-state index in [2.05, 4.69) is 10.1 Å². The van der Waals surface area contributed by atoms with Crippen LogP contribution in [0.4, 0.5) is 5.69 Å². The molecule has 1 aromatic rings. The maximum Gasteiger partial charge on any atom is 0.0351 e. The van der Waals surface area contributed by atoms with E-state index in [0.29, 0.717) is 0 Å². The molecule has 0 radical (unpaired) electrons. The van der Waals surface area contributed by atoms with Crippen molar-refractivity contribution >= 4 is 5.69 Å². The Morgan fingerprint density at radius 2 is 1.38 bits per heavy atom. The van der Waals surface area contributed by atoms with Crippen LogP contribution in [0.15, 0.2) is 30.3 Å². The Morgan fingerprint density at radius 3 is 1.62 bits per heavy atom. The van der Waals surface area contributed by atoms with Crippen LogP contribution in [0.2, 0.25) is 0 Å². The fourth-order valence-electron chi connectivity index (χ4n) is 0.605. The molecule has 1 aromatic carbocycles. The Balaban J connectivity index is 0. The first kappa shape index (κ1) is 14.5. The predicted molar refractivity (Wildman–Crippen MR) is 60.3 cm³/mol. The van der Waals surface area contributed by atoms with Gasteiger partial charge in [0, 0.05) is 27.0 Å². The Hall–Kier alpha value is -1.02. The summed E-state index contributed by atoms with van der Waals surface area (Å²) in [6.45, 7) is 4.00. The molecule has 2 nitrogen and oxygen atoms in total. The second-order valence-electron chi connectivity index (χ2n) is 2.02. The minimum Gasteiger partial charge on any atom is -0.388 e. The van der Waals surface area contributed by atoms with Crippen molar-refractivity contribution in [3.63, 3.8) is 0 Å². The number of benzene rings is 1. The highest BCUT2D eigenvalue weighted by Gasteiger charge is 1.77. The largest absolute Gasteiger partial charge is 0.388 e. The first-order valence-electron chi connectivity index (χ1n) is 4.48. The molecule has 0 saturated carbocycles. The van der Waals surface area contributed by atoms with Gasteiger partial charge < -0.3 is 10.1 Å².